The summed E-state index contributed by atoms with van der Waals surface area (Å²) in [7, 11) is 1.56. The molecule has 0 spiro atoms. The zero-order valence-corrected chi connectivity index (χ0v) is 17.9. The van der Waals surface area contributed by atoms with Crippen molar-refractivity contribution < 1.29 is 19.1 Å². The summed E-state index contributed by atoms with van der Waals surface area (Å²) in [5.74, 6) is 0.234. The summed E-state index contributed by atoms with van der Waals surface area (Å²) in [5.41, 5.74) is 7.46. The Hall–Kier alpha value is -3.35. The predicted octanol–water partition coefficient (Wildman–Crippen LogP) is 3.63. The smallest absolute Gasteiger partial charge is 0.224 e. The summed E-state index contributed by atoms with van der Waals surface area (Å²) in [6, 6.07) is 11.7. The van der Waals surface area contributed by atoms with Crippen molar-refractivity contribution in [3.8, 4) is 5.75 Å². The normalized spacial score (nSPS) is 13.5. The maximum absolute atomic E-state index is 13.0. The predicted molar refractivity (Wildman–Crippen MR) is 120 cm³/mol. The number of benzene rings is 2. The molecule has 7 heteroatoms. The average Bonchev–Trinajstić information content (AvgIpc) is 2.80. The monoisotopic (exact) mass is 423 g/mol. The molecule has 1 saturated heterocycles. The highest BCUT2D eigenvalue weighted by atomic mass is 16.5. The van der Waals surface area contributed by atoms with Crippen molar-refractivity contribution in [2.45, 2.75) is 38.5 Å². The number of carbonyl (C=O) groups excluding carboxylic acids is 3. The van der Waals surface area contributed by atoms with Gasteiger partial charge in [-0.3, -0.25) is 14.4 Å². The van der Waals surface area contributed by atoms with Crippen molar-refractivity contribution in [2.24, 2.45) is 0 Å². The third-order valence-electron chi connectivity index (χ3n) is 5.46. The topological polar surface area (TPSA) is 102 Å². The van der Waals surface area contributed by atoms with Crippen molar-refractivity contribution in [3.63, 3.8) is 0 Å². The highest BCUT2D eigenvalue weighted by molar-refractivity contribution is 6.15. The quantitative estimate of drug-likeness (QED) is 0.499. The van der Waals surface area contributed by atoms with E-state index in [1.807, 2.05) is 4.90 Å². The third kappa shape index (κ3) is 5.84. The number of nitrogens with one attached hydrogen (secondary N) is 1. The molecule has 31 heavy (non-hydrogen) atoms. The van der Waals surface area contributed by atoms with Crippen LogP contribution < -0.4 is 15.8 Å². The molecule has 3 rings (SSSR count). The fourth-order valence-corrected chi connectivity index (χ4v) is 3.70. The molecule has 0 aromatic heterocycles. The van der Waals surface area contributed by atoms with E-state index < -0.39 is 0 Å². The number of rotatable bonds is 8. The van der Waals surface area contributed by atoms with Gasteiger partial charge in [0.2, 0.25) is 11.8 Å². The van der Waals surface area contributed by atoms with E-state index in [0.29, 0.717) is 41.1 Å². The van der Waals surface area contributed by atoms with E-state index >= 15 is 0 Å². The summed E-state index contributed by atoms with van der Waals surface area (Å²) >= 11 is 0. The molecule has 0 aliphatic carbocycles. The second-order valence-electron chi connectivity index (χ2n) is 7.67. The Balaban J connectivity index is 1.62. The van der Waals surface area contributed by atoms with E-state index in [4.69, 9.17) is 10.5 Å². The lowest BCUT2D eigenvalue weighted by Crippen LogP contribution is -2.35. The number of methoxy groups -OCH3 is 1. The molecule has 2 aromatic rings. The first-order chi connectivity index (χ1) is 15.0. The van der Waals surface area contributed by atoms with Crippen molar-refractivity contribution in [2.75, 3.05) is 31.2 Å². The Bertz CT molecular complexity index is 934. The molecule has 1 aliphatic rings. The van der Waals surface area contributed by atoms with Gasteiger partial charge in [-0.05, 0) is 62.1 Å². The van der Waals surface area contributed by atoms with Crippen molar-refractivity contribution in [1.82, 2.24) is 4.90 Å². The average molecular weight is 424 g/mol. The molecule has 0 unspecified atom stereocenters. The minimum absolute atomic E-state index is 0.0992. The molecule has 1 aliphatic heterocycles. The number of nitrogen functional groups attached to an aromatic ring is 1. The number of amides is 2. The van der Waals surface area contributed by atoms with Gasteiger partial charge in [0.25, 0.3) is 0 Å². The van der Waals surface area contributed by atoms with Crippen molar-refractivity contribution >= 4 is 29.0 Å². The first kappa shape index (κ1) is 22.3. The molecule has 3 N–H and O–H groups in total. The second kappa shape index (κ2) is 10.6. The molecule has 1 fully saturated rings. The van der Waals surface area contributed by atoms with Crippen molar-refractivity contribution in [1.29, 1.82) is 0 Å². The number of hydrogen-bond acceptors (Lipinski definition) is 5. The van der Waals surface area contributed by atoms with Crippen LogP contribution in [0, 0.1) is 0 Å². The summed E-state index contributed by atoms with van der Waals surface area (Å²) in [5, 5.41) is 2.77. The van der Waals surface area contributed by atoms with E-state index in [1.165, 1.54) is 6.42 Å². The molecule has 0 bridgehead atoms. The van der Waals surface area contributed by atoms with Crippen LogP contribution in [0.15, 0.2) is 42.5 Å². The van der Waals surface area contributed by atoms with Crippen LogP contribution in [0.25, 0.3) is 0 Å². The lowest BCUT2D eigenvalue weighted by Gasteiger charge is -2.26. The molecule has 164 valence electrons. The van der Waals surface area contributed by atoms with Crippen LogP contribution in [0.2, 0.25) is 0 Å². The fourth-order valence-electron chi connectivity index (χ4n) is 3.70. The number of nitrogens with zero attached hydrogens (tertiary/aromatic N) is 1. The molecule has 2 amide bonds. The maximum Gasteiger partial charge on any atom is 0.224 e. The third-order valence-corrected chi connectivity index (χ3v) is 5.46. The van der Waals surface area contributed by atoms with E-state index in [-0.39, 0.29) is 24.0 Å². The maximum atomic E-state index is 13.0. The zero-order valence-electron chi connectivity index (χ0n) is 17.9. The number of nitrogens with two attached hydrogens (primary N) is 1. The number of hydrogen-bond donors (Lipinski definition) is 2. The number of anilines is 2. The Kier molecular flexibility index (Phi) is 7.65. The van der Waals surface area contributed by atoms with Gasteiger partial charge in [-0.15, -0.1) is 0 Å². The molecule has 0 atom stereocenters. The number of piperidine rings is 1. The van der Waals surface area contributed by atoms with Gasteiger partial charge in [-0.1, -0.05) is 6.07 Å². The van der Waals surface area contributed by atoms with Gasteiger partial charge >= 0.3 is 0 Å². The largest absolute Gasteiger partial charge is 0.497 e. The molecule has 1 heterocycles. The van der Waals surface area contributed by atoms with Crippen LogP contribution in [0.4, 0.5) is 11.4 Å². The summed E-state index contributed by atoms with van der Waals surface area (Å²) < 4.78 is 5.13. The van der Waals surface area contributed by atoms with Gasteiger partial charge < -0.3 is 20.7 Å². The zero-order chi connectivity index (χ0) is 22.2. The van der Waals surface area contributed by atoms with Crippen LogP contribution in [-0.4, -0.2) is 42.7 Å². The van der Waals surface area contributed by atoms with E-state index in [2.05, 4.69) is 5.32 Å². The molecule has 0 radical (unpaired) electrons. The van der Waals surface area contributed by atoms with E-state index in [0.717, 1.165) is 25.9 Å². The van der Waals surface area contributed by atoms with Gasteiger partial charge in [0.1, 0.15) is 5.75 Å². The highest BCUT2D eigenvalue weighted by Crippen LogP contribution is 2.27. The number of ketones is 1. The van der Waals surface area contributed by atoms with Gasteiger partial charge in [0.05, 0.1) is 18.5 Å². The summed E-state index contributed by atoms with van der Waals surface area (Å²) in [4.78, 5) is 39.6. The molecule has 2 aromatic carbocycles. The second-order valence-corrected chi connectivity index (χ2v) is 7.67. The summed E-state index contributed by atoms with van der Waals surface area (Å²) in [6.45, 7) is 1.62. The van der Waals surface area contributed by atoms with Gasteiger partial charge in [-0.2, -0.15) is 0 Å². The Morgan fingerprint density at radius 2 is 1.71 bits per heavy atom. The van der Waals surface area contributed by atoms with Crippen LogP contribution in [0.3, 0.4) is 0 Å². The van der Waals surface area contributed by atoms with Crippen molar-refractivity contribution in [3.05, 3.63) is 53.6 Å². The van der Waals surface area contributed by atoms with Crippen LogP contribution in [0.5, 0.6) is 5.75 Å². The fraction of sp³-hybridized carbons (Fsp3) is 0.375. The van der Waals surface area contributed by atoms with Gasteiger partial charge in [-0.25, -0.2) is 0 Å². The Morgan fingerprint density at radius 3 is 2.39 bits per heavy atom. The Labute approximate surface area is 182 Å². The van der Waals surface area contributed by atoms with Gasteiger partial charge in [0, 0.05) is 37.1 Å². The molecular weight excluding hydrogens is 394 g/mol. The minimum atomic E-state index is -0.270. The first-order valence-corrected chi connectivity index (χ1v) is 10.6. The van der Waals surface area contributed by atoms with Crippen LogP contribution in [-0.2, 0) is 9.59 Å². The standard InChI is InChI=1S/C24H29N3O4/c1-31-18-13-11-17(12-14-18)24(30)19-7-5-8-20(25)23(19)26-21(28)9-6-10-22(29)27-15-3-2-4-16-27/h5,7-8,11-14H,2-4,6,9-10,15-16,25H2,1H3,(H,26,28). The van der Waals surface area contributed by atoms with Gasteiger partial charge in [0.15, 0.2) is 5.78 Å². The minimum Gasteiger partial charge on any atom is -0.497 e. The first-order valence-electron chi connectivity index (χ1n) is 10.6. The SMILES string of the molecule is COc1ccc(C(=O)c2cccc(N)c2NC(=O)CCCC(=O)N2CCCCC2)cc1. The number of ether oxygens (including phenoxy) is 1. The van der Waals surface area contributed by atoms with E-state index in [9.17, 15) is 14.4 Å². The van der Waals surface area contributed by atoms with Crippen LogP contribution in [0.1, 0.15) is 54.4 Å². The number of carbonyl (C=O) groups is 3. The van der Waals surface area contributed by atoms with E-state index in [1.54, 1.807) is 49.6 Å². The molecular formula is C24H29N3O4. The lowest BCUT2D eigenvalue weighted by atomic mass is 10.0. The lowest BCUT2D eigenvalue weighted by molar-refractivity contribution is -0.132. The number of likely N-dealkylation sites (tertiary alicyclic amines) is 1. The number of para-hydroxylation sites is 1. The van der Waals surface area contributed by atoms with Crippen LogP contribution >= 0.6 is 0 Å². The molecule has 7 nitrogen and oxygen atoms in total. The summed E-state index contributed by atoms with van der Waals surface area (Å²) in [6.07, 6.45) is 4.24. The molecule has 0 saturated carbocycles. The Morgan fingerprint density at radius 1 is 1.00 bits per heavy atom. The highest BCUT2D eigenvalue weighted by Gasteiger charge is 2.19.